The summed E-state index contributed by atoms with van der Waals surface area (Å²) in [4.78, 5) is 0. The smallest absolute Gasteiger partial charge is 0.279 e. The van der Waals surface area contributed by atoms with E-state index in [2.05, 4.69) is 16.1 Å². The molecule has 1 aromatic heterocycles. The van der Waals surface area contributed by atoms with Crippen LogP contribution in [-0.4, -0.2) is 37.0 Å². The minimum Gasteiger partial charge on any atom is -0.493 e. The van der Waals surface area contributed by atoms with Crippen molar-refractivity contribution in [3.8, 4) is 35.3 Å². The molecule has 0 amide bonds. The van der Waals surface area contributed by atoms with Crippen LogP contribution in [0.25, 0.3) is 11.5 Å². The molecule has 2 rings (SSSR count). The number of methoxy groups -OCH3 is 2. The molecule has 0 saturated carbocycles. The summed E-state index contributed by atoms with van der Waals surface area (Å²) in [5.74, 6) is 4.37. The molecule has 0 N–H and O–H groups in total. The van der Waals surface area contributed by atoms with Crippen LogP contribution in [-0.2, 0) is 4.74 Å². The van der Waals surface area contributed by atoms with Crippen LogP contribution in [0.4, 0.5) is 0 Å². The first-order valence-corrected chi connectivity index (χ1v) is 6.97. The Kier molecular flexibility index (Phi) is 5.49. The van der Waals surface area contributed by atoms with Crippen molar-refractivity contribution in [1.29, 1.82) is 0 Å². The lowest BCUT2D eigenvalue weighted by molar-refractivity contribution is 0.221. The summed E-state index contributed by atoms with van der Waals surface area (Å²) in [7, 11) is 3.15. The van der Waals surface area contributed by atoms with Crippen LogP contribution in [0, 0.1) is 12.3 Å². The summed E-state index contributed by atoms with van der Waals surface area (Å²) in [6.45, 7) is 0.254. The van der Waals surface area contributed by atoms with Crippen molar-refractivity contribution in [3.05, 3.63) is 18.2 Å². The van der Waals surface area contributed by atoms with E-state index >= 15 is 0 Å². The maximum Gasteiger partial charge on any atom is 0.279 e. The molecule has 0 spiro atoms. The highest BCUT2D eigenvalue weighted by Crippen LogP contribution is 2.32. The van der Waals surface area contributed by atoms with E-state index < -0.39 is 0 Å². The van der Waals surface area contributed by atoms with Crippen molar-refractivity contribution in [2.24, 2.45) is 0 Å². The first kappa shape index (κ1) is 15.2. The minimum absolute atomic E-state index is 0.254. The predicted molar refractivity (Wildman–Crippen MR) is 78.3 cm³/mol. The highest BCUT2D eigenvalue weighted by molar-refractivity contribution is 7.98. The van der Waals surface area contributed by atoms with E-state index in [0.29, 0.717) is 28.6 Å². The topological polar surface area (TPSA) is 66.6 Å². The van der Waals surface area contributed by atoms with Crippen LogP contribution in [0.5, 0.6) is 11.5 Å². The van der Waals surface area contributed by atoms with E-state index in [-0.39, 0.29) is 6.61 Å². The van der Waals surface area contributed by atoms with Gasteiger partial charge in [-0.2, -0.15) is 0 Å². The highest BCUT2D eigenvalue weighted by atomic mass is 32.2. The molecule has 0 bridgehead atoms. The average Bonchev–Trinajstić information content (AvgIpc) is 2.99. The summed E-state index contributed by atoms with van der Waals surface area (Å²) in [5, 5.41) is 8.33. The van der Waals surface area contributed by atoms with Gasteiger partial charge in [0.15, 0.2) is 11.5 Å². The molecule has 0 aliphatic heterocycles. The number of benzene rings is 1. The molecule has 1 heterocycles. The van der Waals surface area contributed by atoms with E-state index in [1.807, 2.05) is 6.07 Å². The second-order valence-corrected chi connectivity index (χ2v) is 4.63. The maximum absolute atomic E-state index is 5.54. The van der Waals surface area contributed by atoms with Gasteiger partial charge in [-0.25, -0.2) is 0 Å². The van der Waals surface area contributed by atoms with Crippen molar-refractivity contribution in [1.82, 2.24) is 10.2 Å². The van der Waals surface area contributed by atoms with Gasteiger partial charge in [0, 0.05) is 5.56 Å². The Labute approximate surface area is 126 Å². The number of rotatable bonds is 7. The summed E-state index contributed by atoms with van der Waals surface area (Å²) >= 11 is 1.28. The zero-order valence-corrected chi connectivity index (χ0v) is 12.5. The molecule has 0 radical (unpaired) electrons. The molecule has 6 nitrogen and oxygen atoms in total. The van der Waals surface area contributed by atoms with Crippen molar-refractivity contribution < 1.29 is 18.6 Å². The van der Waals surface area contributed by atoms with Gasteiger partial charge in [0.25, 0.3) is 5.22 Å². The highest BCUT2D eigenvalue weighted by Gasteiger charge is 2.12. The molecule has 2 aromatic rings. The van der Waals surface area contributed by atoms with E-state index in [9.17, 15) is 0 Å². The van der Waals surface area contributed by atoms with Crippen LogP contribution in [0.15, 0.2) is 27.8 Å². The first-order chi connectivity index (χ1) is 10.3. The second kappa shape index (κ2) is 7.57. The lowest BCUT2D eigenvalue weighted by Gasteiger charge is -2.07. The zero-order chi connectivity index (χ0) is 15.1. The van der Waals surface area contributed by atoms with Crippen LogP contribution in [0.2, 0.25) is 0 Å². The van der Waals surface area contributed by atoms with Gasteiger partial charge >= 0.3 is 0 Å². The Bertz CT molecular complexity index is 636. The Morgan fingerprint density at radius 3 is 2.76 bits per heavy atom. The molecular formula is C14H14N2O4S. The fourth-order valence-electron chi connectivity index (χ4n) is 1.55. The normalized spacial score (nSPS) is 10.1. The van der Waals surface area contributed by atoms with Gasteiger partial charge in [-0.1, -0.05) is 5.92 Å². The summed E-state index contributed by atoms with van der Waals surface area (Å²) in [5.41, 5.74) is 0.747. The van der Waals surface area contributed by atoms with Crippen molar-refractivity contribution in [3.63, 3.8) is 0 Å². The van der Waals surface area contributed by atoms with Crippen molar-refractivity contribution in [2.45, 2.75) is 5.22 Å². The quantitative estimate of drug-likeness (QED) is 0.337. The van der Waals surface area contributed by atoms with Gasteiger partial charge in [-0.05, 0) is 30.0 Å². The molecule has 0 aliphatic rings. The molecular weight excluding hydrogens is 292 g/mol. The van der Waals surface area contributed by atoms with E-state index in [4.69, 9.17) is 25.1 Å². The maximum atomic E-state index is 5.54. The SMILES string of the molecule is C#CCOCSc1nnc(-c2ccc(OC)c(OC)c2)o1. The third kappa shape index (κ3) is 3.90. The summed E-state index contributed by atoms with van der Waals surface area (Å²) in [6.07, 6.45) is 5.08. The van der Waals surface area contributed by atoms with Crippen LogP contribution >= 0.6 is 11.8 Å². The molecule has 7 heteroatoms. The van der Waals surface area contributed by atoms with Gasteiger partial charge in [0.2, 0.25) is 5.89 Å². The van der Waals surface area contributed by atoms with Gasteiger partial charge in [0.1, 0.15) is 12.5 Å². The molecule has 0 unspecified atom stereocenters. The standard InChI is InChI=1S/C14H14N2O4S/c1-4-7-19-9-21-14-16-15-13(20-14)10-5-6-11(17-2)12(8-10)18-3/h1,5-6,8H,7,9H2,2-3H3. The van der Waals surface area contributed by atoms with E-state index in [1.165, 1.54) is 11.8 Å². The van der Waals surface area contributed by atoms with Crippen molar-refractivity contribution in [2.75, 3.05) is 26.8 Å². The number of thioether (sulfide) groups is 1. The van der Waals surface area contributed by atoms with Crippen molar-refractivity contribution >= 4 is 11.8 Å². The number of nitrogens with zero attached hydrogens (tertiary/aromatic N) is 2. The Morgan fingerprint density at radius 1 is 1.24 bits per heavy atom. The van der Waals surface area contributed by atoms with Gasteiger partial charge in [-0.3, -0.25) is 0 Å². The van der Waals surface area contributed by atoms with Gasteiger partial charge in [-0.15, -0.1) is 16.6 Å². The zero-order valence-electron chi connectivity index (χ0n) is 11.7. The lowest BCUT2D eigenvalue weighted by atomic mass is 10.2. The number of aromatic nitrogens is 2. The van der Waals surface area contributed by atoms with E-state index in [1.54, 1.807) is 26.4 Å². The van der Waals surface area contributed by atoms with Gasteiger partial charge in [0.05, 0.1) is 14.2 Å². The minimum atomic E-state index is 0.254. The number of hydrogen-bond acceptors (Lipinski definition) is 7. The molecule has 0 aliphatic carbocycles. The number of hydrogen-bond donors (Lipinski definition) is 0. The van der Waals surface area contributed by atoms with Crippen LogP contribution < -0.4 is 9.47 Å². The monoisotopic (exact) mass is 306 g/mol. The average molecular weight is 306 g/mol. The van der Waals surface area contributed by atoms with Gasteiger partial charge < -0.3 is 18.6 Å². The third-order valence-corrected chi connectivity index (χ3v) is 3.18. The Hall–Kier alpha value is -2.17. The first-order valence-electron chi connectivity index (χ1n) is 5.98. The van der Waals surface area contributed by atoms with Crippen LogP contribution in [0.1, 0.15) is 0 Å². The molecule has 21 heavy (non-hydrogen) atoms. The molecule has 0 saturated heterocycles. The predicted octanol–water partition coefficient (Wildman–Crippen LogP) is 2.45. The fraction of sp³-hybridized carbons (Fsp3) is 0.286. The number of ether oxygens (including phenoxy) is 3. The molecule has 110 valence electrons. The van der Waals surface area contributed by atoms with E-state index in [0.717, 1.165) is 5.56 Å². The summed E-state index contributed by atoms with van der Waals surface area (Å²) < 4.78 is 21.1. The Balaban J connectivity index is 2.09. The lowest BCUT2D eigenvalue weighted by Crippen LogP contribution is -1.90. The molecule has 0 fully saturated rings. The molecule has 0 atom stereocenters. The summed E-state index contributed by atoms with van der Waals surface area (Å²) in [6, 6.07) is 5.37. The Morgan fingerprint density at radius 2 is 2.05 bits per heavy atom. The fourth-order valence-corrected chi connectivity index (χ4v) is 2.05. The second-order valence-electron chi connectivity index (χ2n) is 3.76. The third-order valence-electron chi connectivity index (χ3n) is 2.49. The number of terminal acetylenes is 1. The van der Waals surface area contributed by atoms with Crippen LogP contribution in [0.3, 0.4) is 0 Å². The molecule has 1 aromatic carbocycles. The largest absolute Gasteiger partial charge is 0.493 e.